The second-order valence-electron chi connectivity index (χ2n) is 7.03. The van der Waals surface area contributed by atoms with Crippen LogP contribution in [0.1, 0.15) is 59.1 Å². The Kier molecular flexibility index (Phi) is 6.73. The Morgan fingerprint density at radius 2 is 1.86 bits per heavy atom. The molecule has 1 rings (SSSR count). The molecule has 0 saturated carbocycles. The molecule has 1 N–H and O–H groups in total. The van der Waals surface area contributed by atoms with Crippen LogP contribution in [0.15, 0.2) is 18.2 Å². The Morgan fingerprint density at radius 1 is 1.19 bits per heavy atom. The topological polar surface area (TPSA) is 21.3 Å². The van der Waals surface area contributed by atoms with Crippen LogP contribution in [0, 0.1) is 5.92 Å². The first-order valence-electron chi connectivity index (χ1n) is 8.26. The summed E-state index contributed by atoms with van der Waals surface area (Å²) in [6, 6.07) is 7.02. The van der Waals surface area contributed by atoms with E-state index in [9.17, 15) is 0 Å². The molecule has 2 unspecified atom stereocenters. The molecule has 0 aliphatic heterocycles. The third-order valence-corrected chi connectivity index (χ3v) is 4.38. The van der Waals surface area contributed by atoms with Gasteiger partial charge in [0.05, 0.1) is 0 Å². The van der Waals surface area contributed by atoms with E-state index >= 15 is 0 Å². The number of ether oxygens (including phenoxy) is 1. The highest BCUT2D eigenvalue weighted by molar-refractivity contribution is 5.41. The van der Waals surface area contributed by atoms with Crippen LogP contribution in [-0.2, 0) is 11.8 Å². The van der Waals surface area contributed by atoms with Gasteiger partial charge in [-0.2, -0.15) is 0 Å². The smallest absolute Gasteiger partial charge is 0.123 e. The van der Waals surface area contributed by atoms with Crippen molar-refractivity contribution in [1.82, 2.24) is 5.32 Å². The Hall–Kier alpha value is -1.02. The average molecular weight is 291 g/mol. The van der Waals surface area contributed by atoms with Gasteiger partial charge in [-0.15, -0.1) is 0 Å². The molecular formula is C19H33NO. The zero-order chi connectivity index (χ0) is 16.0. The molecule has 0 spiro atoms. The van der Waals surface area contributed by atoms with E-state index in [-0.39, 0.29) is 5.41 Å². The summed E-state index contributed by atoms with van der Waals surface area (Å²) < 4.78 is 6.18. The van der Waals surface area contributed by atoms with Crippen molar-refractivity contribution in [2.75, 3.05) is 13.7 Å². The summed E-state index contributed by atoms with van der Waals surface area (Å²) in [5.74, 6) is 1.64. The Morgan fingerprint density at radius 3 is 2.33 bits per heavy atom. The molecule has 2 atom stereocenters. The number of nitrogens with one attached hydrogen (secondary N) is 1. The van der Waals surface area contributed by atoms with Crippen molar-refractivity contribution < 1.29 is 4.74 Å². The SMILES string of the molecule is CCc1ccc(OCC(NC)C(C)CC)c(C(C)(C)C)c1. The molecule has 21 heavy (non-hydrogen) atoms. The maximum Gasteiger partial charge on any atom is 0.123 e. The quantitative estimate of drug-likeness (QED) is 0.795. The molecule has 1 aromatic carbocycles. The third kappa shape index (κ3) is 5.03. The van der Waals surface area contributed by atoms with Gasteiger partial charge >= 0.3 is 0 Å². The molecule has 2 heteroatoms. The lowest BCUT2D eigenvalue weighted by Gasteiger charge is -2.27. The van der Waals surface area contributed by atoms with E-state index in [2.05, 4.69) is 65.1 Å². The minimum Gasteiger partial charge on any atom is -0.492 e. The fourth-order valence-electron chi connectivity index (χ4n) is 2.51. The van der Waals surface area contributed by atoms with Crippen molar-refractivity contribution in [3.8, 4) is 5.75 Å². The first-order chi connectivity index (χ1) is 9.83. The van der Waals surface area contributed by atoms with Crippen LogP contribution >= 0.6 is 0 Å². The number of likely N-dealkylation sites (N-methyl/N-ethyl adjacent to an activating group) is 1. The van der Waals surface area contributed by atoms with E-state index in [0.29, 0.717) is 12.0 Å². The Balaban J connectivity index is 2.92. The first kappa shape index (κ1) is 18.0. The molecule has 0 saturated heterocycles. The maximum absolute atomic E-state index is 6.18. The predicted octanol–water partition coefficient (Wildman–Crippen LogP) is 4.56. The Labute approximate surface area is 131 Å². The van der Waals surface area contributed by atoms with E-state index in [4.69, 9.17) is 4.74 Å². The first-order valence-corrected chi connectivity index (χ1v) is 8.26. The van der Waals surface area contributed by atoms with Crippen molar-refractivity contribution in [1.29, 1.82) is 0 Å². The van der Waals surface area contributed by atoms with Gasteiger partial charge in [0.1, 0.15) is 12.4 Å². The summed E-state index contributed by atoms with van der Waals surface area (Å²) in [4.78, 5) is 0. The van der Waals surface area contributed by atoms with Crippen LogP contribution in [0.3, 0.4) is 0 Å². The molecule has 0 heterocycles. The molecule has 0 aromatic heterocycles. The second-order valence-corrected chi connectivity index (χ2v) is 7.03. The minimum atomic E-state index is 0.103. The fourth-order valence-corrected chi connectivity index (χ4v) is 2.51. The molecule has 0 radical (unpaired) electrons. The Bertz CT molecular complexity index is 434. The summed E-state index contributed by atoms with van der Waals surface area (Å²) in [5, 5.41) is 3.38. The predicted molar refractivity (Wildman–Crippen MR) is 92.3 cm³/mol. The van der Waals surface area contributed by atoms with E-state index < -0.39 is 0 Å². The van der Waals surface area contributed by atoms with E-state index in [1.54, 1.807) is 0 Å². The largest absolute Gasteiger partial charge is 0.492 e. The lowest BCUT2D eigenvalue weighted by molar-refractivity contribution is 0.224. The van der Waals surface area contributed by atoms with Crippen LogP contribution in [0.4, 0.5) is 0 Å². The normalized spacial score (nSPS) is 14.8. The van der Waals surface area contributed by atoms with E-state index in [0.717, 1.165) is 25.2 Å². The van der Waals surface area contributed by atoms with Crippen molar-refractivity contribution >= 4 is 0 Å². The van der Waals surface area contributed by atoms with Gasteiger partial charge in [-0.25, -0.2) is 0 Å². The molecule has 1 aromatic rings. The number of rotatable bonds is 7. The number of hydrogen-bond acceptors (Lipinski definition) is 2. The van der Waals surface area contributed by atoms with Gasteiger partial charge in [-0.1, -0.05) is 60.1 Å². The second kappa shape index (κ2) is 7.84. The van der Waals surface area contributed by atoms with Crippen LogP contribution < -0.4 is 10.1 Å². The zero-order valence-electron chi connectivity index (χ0n) is 14.9. The fraction of sp³-hybridized carbons (Fsp3) is 0.684. The lowest BCUT2D eigenvalue weighted by atomic mass is 9.85. The summed E-state index contributed by atoms with van der Waals surface area (Å²) in [6.45, 7) is 14.2. The van der Waals surface area contributed by atoms with Crippen molar-refractivity contribution in [3.05, 3.63) is 29.3 Å². The number of hydrogen-bond donors (Lipinski definition) is 1. The van der Waals surface area contributed by atoms with Crippen LogP contribution in [0.5, 0.6) is 5.75 Å². The highest BCUT2D eigenvalue weighted by atomic mass is 16.5. The third-order valence-electron chi connectivity index (χ3n) is 4.38. The van der Waals surface area contributed by atoms with Gasteiger partial charge in [-0.3, -0.25) is 0 Å². The lowest BCUT2D eigenvalue weighted by Crippen LogP contribution is -2.37. The van der Waals surface area contributed by atoms with Gasteiger partial charge in [0.15, 0.2) is 0 Å². The highest BCUT2D eigenvalue weighted by Crippen LogP contribution is 2.32. The monoisotopic (exact) mass is 291 g/mol. The molecule has 0 bridgehead atoms. The number of aryl methyl sites for hydroxylation is 1. The number of benzene rings is 1. The zero-order valence-corrected chi connectivity index (χ0v) is 14.9. The van der Waals surface area contributed by atoms with Crippen LogP contribution in [-0.4, -0.2) is 19.7 Å². The van der Waals surface area contributed by atoms with Crippen molar-refractivity contribution in [2.45, 2.75) is 65.8 Å². The average Bonchev–Trinajstić information content (AvgIpc) is 2.46. The van der Waals surface area contributed by atoms with Gasteiger partial charge in [0, 0.05) is 6.04 Å². The molecule has 120 valence electrons. The summed E-state index contributed by atoms with van der Waals surface area (Å²) in [6.07, 6.45) is 2.23. The highest BCUT2D eigenvalue weighted by Gasteiger charge is 2.21. The van der Waals surface area contributed by atoms with Crippen LogP contribution in [0.25, 0.3) is 0 Å². The van der Waals surface area contributed by atoms with Gasteiger partial charge in [-0.05, 0) is 42.0 Å². The summed E-state index contributed by atoms with van der Waals surface area (Å²) >= 11 is 0. The van der Waals surface area contributed by atoms with Crippen molar-refractivity contribution in [2.24, 2.45) is 5.92 Å². The molecule has 0 aliphatic rings. The van der Waals surface area contributed by atoms with Gasteiger partial charge in [0.25, 0.3) is 0 Å². The van der Waals surface area contributed by atoms with Crippen molar-refractivity contribution in [3.63, 3.8) is 0 Å². The summed E-state index contributed by atoms with van der Waals surface area (Å²) in [5.41, 5.74) is 2.78. The molecule has 0 amide bonds. The molecular weight excluding hydrogens is 258 g/mol. The molecule has 0 aliphatic carbocycles. The maximum atomic E-state index is 6.18. The van der Waals surface area contributed by atoms with Crippen LogP contribution in [0.2, 0.25) is 0 Å². The van der Waals surface area contributed by atoms with E-state index in [1.807, 2.05) is 7.05 Å². The van der Waals surface area contributed by atoms with Gasteiger partial charge in [0.2, 0.25) is 0 Å². The summed E-state index contributed by atoms with van der Waals surface area (Å²) in [7, 11) is 2.02. The van der Waals surface area contributed by atoms with Gasteiger partial charge < -0.3 is 10.1 Å². The molecule has 0 fully saturated rings. The van der Waals surface area contributed by atoms with E-state index in [1.165, 1.54) is 11.1 Å². The minimum absolute atomic E-state index is 0.103. The standard InChI is InChI=1S/C19H33NO/c1-8-14(3)17(20-7)13-21-18-11-10-15(9-2)12-16(18)19(4,5)6/h10-12,14,17,20H,8-9,13H2,1-7H3. The molecule has 2 nitrogen and oxygen atoms in total.